The molecule has 0 aliphatic rings. The van der Waals surface area contributed by atoms with Gasteiger partial charge in [-0.25, -0.2) is 8.78 Å². The summed E-state index contributed by atoms with van der Waals surface area (Å²) < 4.78 is 26.5. The van der Waals surface area contributed by atoms with Crippen molar-refractivity contribution in [1.82, 2.24) is 0 Å². The van der Waals surface area contributed by atoms with E-state index in [-0.39, 0.29) is 16.2 Å². The highest BCUT2D eigenvalue weighted by Gasteiger charge is 2.10. The van der Waals surface area contributed by atoms with E-state index in [2.05, 4.69) is 27.2 Å². The van der Waals surface area contributed by atoms with Crippen LogP contribution < -0.4 is 5.32 Å². The van der Waals surface area contributed by atoms with Crippen molar-refractivity contribution in [2.45, 2.75) is 19.4 Å². The van der Waals surface area contributed by atoms with E-state index in [9.17, 15) is 8.78 Å². The summed E-state index contributed by atoms with van der Waals surface area (Å²) in [5, 5.41) is 2.74. The van der Waals surface area contributed by atoms with E-state index in [0.717, 1.165) is 12.1 Å². The van der Waals surface area contributed by atoms with E-state index in [0.29, 0.717) is 6.42 Å². The first kappa shape index (κ1) is 12.0. The summed E-state index contributed by atoms with van der Waals surface area (Å²) in [6.45, 7) is 1.87. The van der Waals surface area contributed by atoms with Crippen LogP contribution in [0.5, 0.6) is 0 Å². The van der Waals surface area contributed by atoms with Crippen molar-refractivity contribution in [1.29, 1.82) is 0 Å². The predicted molar refractivity (Wildman–Crippen MR) is 60.6 cm³/mol. The molecule has 0 amide bonds. The summed E-state index contributed by atoms with van der Waals surface area (Å²) in [5.41, 5.74) is 0.0838. The van der Waals surface area contributed by atoms with Crippen LogP contribution in [0.2, 0.25) is 0 Å². The average molecular weight is 274 g/mol. The molecule has 80 valence electrons. The maximum atomic E-state index is 13.3. The maximum absolute atomic E-state index is 13.3. The van der Waals surface area contributed by atoms with Crippen LogP contribution in [0.3, 0.4) is 0 Å². The Kier molecular flexibility index (Phi) is 4.10. The lowest BCUT2D eigenvalue weighted by molar-refractivity contribution is 0.595. The number of nitrogens with one attached hydrogen (secondary N) is 1. The molecular weight excluding hydrogens is 264 g/mol. The molecule has 0 saturated heterocycles. The fourth-order valence-corrected chi connectivity index (χ4v) is 1.40. The van der Waals surface area contributed by atoms with E-state index < -0.39 is 11.6 Å². The molecule has 15 heavy (non-hydrogen) atoms. The third-order valence-electron chi connectivity index (χ3n) is 1.95. The highest BCUT2D eigenvalue weighted by Crippen LogP contribution is 2.23. The maximum Gasteiger partial charge on any atom is 0.147 e. The molecule has 1 rings (SSSR count). The van der Waals surface area contributed by atoms with Crippen molar-refractivity contribution in [2.24, 2.45) is 0 Å². The molecule has 1 aromatic rings. The van der Waals surface area contributed by atoms with Crippen LogP contribution in [0.1, 0.15) is 13.3 Å². The molecule has 1 unspecified atom stereocenters. The molecule has 0 spiro atoms. The third kappa shape index (κ3) is 2.93. The Morgan fingerprint density at radius 2 is 2.13 bits per heavy atom. The van der Waals surface area contributed by atoms with Gasteiger partial charge in [-0.2, -0.15) is 0 Å². The van der Waals surface area contributed by atoms with Gasteiger partial charge in [0.1, 0.15) is 11.6 Å². The van der Waals surface area contributed by atoms with Crippen molar-refractivity contribution in [2.75, 3.05) is 5.32 Å². The molecule has 0 heterocycles. The zero-order valence-electron chi connectivity index (χ0n) is 8.15. The van der Waals surface area contributed by atoms with Crippen LogP contribution in [0.15, 0.2) is 16.6 Å². The molecule has 0 radical (unpaired) electrons. The van der Waals surface area contributed by atoms with Crippen LogP contribution in [0.4, 0.5) is 14.5 Å². The second-order valence-electron chi connectivity index (χ2n) is 3.02. The highest BCUT2D eigenvalue weighted by molar-refractivity contribution is 9.10. The van der Waals surface area contributed by atoms with Gasteiger partial charge in [0.15, 0.2) is 0 Å². The third-order valence-corrected chi connectivity index (χ3v) is 2.56. The first-order valence-electron chi connectivity index (χ1n) is 4.45. The van der Waals surface area contributed by atoms with Gasteiger partial charge in [-0.3, -0.25) is 0 Å². The van der Waals surface area contributed by atoms with Crippen LogP contribution in [0.25, 0.3) is 0 Å². The number of hydrogen-bond acceptors (Lipinski definition) is 1. The lowest BCUT2D eigenvalue weighted by Crippen LogP contribution is -2.16. The average Bonchev–Trinajstić information content (AvgIpc) is 2.21. The molecule has 4 heteroatoms. The van der Waals surface area contributed by atoms with E-state index >= 15 is 0 Å². The number of halogens is 3. The second kappa shape index (κ2) is 5.13. The first-order valence-corrected chi connectivity index (χ1v) is 5.25. The minimum atomic E-state index is -0.531. The van der Waals surface area contributed by atoms with Crippen molar-refractivity contribution < 1.29 is 8.78 Å². The lowest BCUT2D eigenvalue weighted by Gasteiger charge is -2.13. The molecule has 1 N–H and O–H groups in total. The molecule has 0 saturated carbocycles. The van der Waals surface area contributed by atoms with Gasteiger partial charge < -0.3 is 5.32 Å². The van der Waals surface area contributed by atoms with Crippen LogP contribution in [-0.2, 0) is 0 Å². The molecule has 1 nitrogen and oxygen atoms in total. The molecule has 0 aliphatic carbocycles. The van der Waals surface area contributed by atoms with Gasteiger partial charge in [0.2, 0.25) is 0 Å². The van der Waals surface area contributed by atoms with Gasteiger partial charge in [-0.15, -0.1) is 6.42 Å². The summed E-state index contributed by atoms with van der Waals surface area (Å²) >= 11 is 2.90. The minimum Gasteiger partial charge on any atom is -0.369 e. The van der Waals surface area contributed by atoms with Gasteiger partial charge in [0.25, 0.3) is 0 Å². The summed E-state index contributed by atoms with van der Waals surface area (Å²) in [4.78, 5) is 0. The molecule has 1 aromatic carbocycles. The van der Waals surface area contributed by atoms with Crippen LogP contribution in [0, 0.1) is 24.0 Å². The summed E-state index contributed by atoms with van der Waals surface area (Å²) in [5.74, 6) is 1.40. The van der Waals surface area contributed by atoms with E-state index in [4.69, 9.17) is 6.42 Å². The van der Waals surface area contributed by atoms with Crippen molar-refractivity contribution in [3.8, 4) is 12.3 Å². The molecular formula is C11H10BrF2N. The van der Waals surface area contributed by atoms with Gasteiger partial charge in [-0.05, 0) is 28.4 Å². The van der Waals surface area contributed by atoms with Crippen molar-refractivity contribution in [3.63, 3.8) is 0 Å². The molecule has 0 aromatic heterocycles. The predicted octanol–water partition coefficient (Wildman–Crippen LogP) is 3.55. The molecule has 0 bridgehead atoms. The number of terminal acetylenes is 1. The fourth-order valence-electron chi connectivity index (χ4n) is 1.08. The Bertz CT molecular complexity index is 398. The van der Waals surface area contributed by atoms with E-state index in [1.807, 2.05) is 6.92 Å². The Hall–Kier alpha value is -1.08. The Morgan fingerprint density at radius 3 is 2.67 bits per heavy atom. The number of rotatable bonds is 3. The first-order chi connectivity index (χ1) is 7.08. The quantitative estimate of drug-likeness (QED) is 0.656. The van der Waals surface area contributed by atoms with E-state index in [1.54, 1.807) is 0 Å². The smallest absolute Gasteiger partial charge is 0.147 e. The van der Waals surface area contributed by atoms with Gasteiger partial charge >= 0.3 is 0 Å². The Labute approximate surface area is 96.0 Å². The minimum absolute atomic E-state index is 0.0838. The number of anilines is 1. The molecule has 0 fully saturated rings. The second-order valence-corrected chi connectivity index (χ2v) is 3.87. The standard InChI is InChI=1S/C11H10BrF2N/c1-3-7(4-2)15-11-6-9(13)8(12)5-10(11)14/h1,5-7,15H,4H2,2H3. The zero-order chi connectivity index (χ0) is 11.4. The Balaban J connectivity index is 2.96. The largest absolute Gasteiger partial charge is 0.369 e. The summed E-state index contributed by atoms with van der Waals surface area (Å²) in [6.07, 6.45) is 5.86. The van der Waals surface area contributed by atoms with Gasteiger partial charge in [0.05, 0.1) is 16.2 Å². The summed E-state index contributed by atoms with van der Waals surface area (Å²) in [7, 11) is 0. The Morgan fingerprint density at radius 1 is 1.47 bits per heavy atom. The van der Waals surface area contributed by atoms with Crippen molar-refractivity contribution in [3.05, 3.63) is 28.2 Å². The lowest BCUT2D eigenvalue weighted by atomic mass is 10.2. The molecule has 1 atom stereocenters. The van der Waals surface area contributed by atoms with Gasteiger partial charge in [0, 0.05) is 6.07 Å². The SMILES string of the molecule is C#CC(CC)Nc1cc(F)c(Br)cc1F. The highest BCUT2D eigenvalue weighted by atomic mass is 79.9. The zero-order valence-corrected chi connectivity index (χ0v) is 9.74. The fraction of sp³-hybridized carbons (Fsp3) is 0.273. The summed E-state index contributed by atoms with van der Waals surface area (Å²) in [6, 6.07) is 1.86. The van der Waals surface area contributed by atoms with Crippen LogP contribution in [-0.4, -0.2) is 6.04 Å². The molecule has 0 aliphatic heterocycles. The van der Waals surface area contributed by atoms with Crippen LogP contribution >= 0.6 is 15.9 Å². The van der Waals surface area contributed by atoms with E-state index in [1.165, 1.54) is 0 Å². The number of hydrogen-bond donors (Lipinski definition) is 1. The normalized spacial score (nSPS) is 11.9. The topological polar surface area (TPSA) is 12.0 Å². The van der Waals surface area contributed by atoms with Crippen molar-refractivity contribution >= 4 is 21.6 Å². The number of benzene rings is 1. The van der Waals surface area contributed by atoms with Gasteiger partial charge in [-0.1, -0.05) is 12.8 Å². The monoisotopic (exact) mass is 273 g/mol.